The van der Waals surface area contributed by atoms with Gasteiger partial charge in [0, 0.05) is 36.6 Å². The molecule has 0 unspecified atom stereocenters. The van der Waals surface area contributed by atoms with E-state index < -0.39 is 41.3 Å². The van der Waals surface area contributed by atoms with E-state index in [0.717, 1.165) is 23.1 Å². The molecule has 2 fully saturated rings. The topological polar surface area (TPSA) is 99.2 Å². The molecule has 248 valence electrons. The van der Waals surface area contributed by atoms with E-state index in [1.54, 1.807) is 12.1 Å². The smallest absolute Gasteiger partial charge is 0.416 e. The molecule has 0 spiro atoms. The lowest BCUT2D eigenvalue weighted by Crippen LogP contribution is -2.37. The Morgan fingerprint density at radius 1 is 0.979 bits per heavy atom. The average Bonchev–Trinajstić information content (AvgIpc) is 3.58. The number of benzene rings is 2. The van der Waals surface area contributed by atoms with Crippen LogP contribution in [0.1, 0.15) is 32.8 Å². The Kier molecular flexibility index (Phi) is 10.0. The second-order valence-electron chi connectivity index (χ2n) is 10.3. The van der Waals surface area contributed by atoms with Gasteiger partial charge in [-0.2, -0.15) is 26.3 Å². The molecule has 2 aliphatic rings. The average molecular weight is 716 g/mol. The number of carboxylic acids is 1. The number of thioether (sulfide) groups is 1. The van der Waals surface area contributed by atoms with Crippen molar-refractivity contribution < 1.29 is 50.6 Å². The van der Waals surface area contributed by atoms with Crippen molar-refractivity contribution in [3.05, 3.63) is 74.3 Å². The lowest BCUT2D eigenvalue weighted by Gasteiger charge is -2.30. The molecule has 1 aromatic heterocycles. The van der Waals surface area contributed by atoms with E-state index in [0.29, 0.717) is 49.0 Å². The predicted molar refractivity (Wildman–Crippen MR) is 169 cm³/mol. The summed E-state index contributed by atoms with van der Waals surface area (Å²) < 4.78 is 85.3. The molecule has 8 nitrogen and oxygen atoms in total. The van der Waals surface area contributed by atoms with Crippen LogP contribution in [0.4, 0.5) is 37.7 Å². The minimum atomic E-state index is -4.99. The van der Waals surface area contributed by atoms with Crippen LogP contribution in [0.25, 0.3) is 17.2 Å². The van der Waals surface area contributed by atoms with Crippen LogP contribution in [-0.2, 0) is 26.7 Å². The van der Waals surface area contributed by atoms with Crippen molar-refractivity contribution in [2.75, 3.05) is 43.1 Å². The maximum Gasteiger partial charge on any atom is 0.416 e. The molecule has 5 rings (SSSR count). The molecule has 2 aromatic carbocycles. The SMILES string of the molecule is O=C(CCN1C(=O)/C(=C/c2cc(-c3cc(C(F)(F)F)cc(C(F)(F)F)c3)cs2)SC1=S)Nc1ccc(N2CCOCC2)c(C(=O)O)c1. The van der Waals surface area contributed by atoms with Gasteiger partial charge in [0.05, 0.1) is 40.5 Å². The third-order valence-electron chi connectivity index (χ3n) is 7.11. The zero-order valence-electron chi connectivity index (χ0n) is 23.9. The molecule has 2 N–H and O–H groups in total. The van der Waals surface area contributed by atoms with E-state index in [4.69, 9.17) is 17.0 Å². The number of anilines is 2. The number of halogens is 6. The Hall–Kier alpha value is -3.93. The van der Waals surface area contributed by atoms with Gasteiger partial charge in [0.2, 0.25) is 5.91 Å². The third-order valence-corrected chi connectivity index (χ3v) is 9.37. The summed E-state index contributed by atoms with van der Waals surface area (Å²) in [4.78, 5) is 41.3. The molecule has 2 aliphatic heterocycles. The standard InChI is InChI=1S/C30H23F6N3O5S3/c31-29(32,33)18-9-16(10-19(12-18)30(34,35)36)17-11-21(46-15-17)14-24-26(41)39(28(45)47-24)4-3-25(40)37-20-1-2-23(22(13-20)27(42)43)38-5-7-44-8-6-38/h1-2,9-15H,3-8H2,(H,37,40)(H,42,43)/b24-14-. The van der Waals surface area contributed by atoms with Crippen molar-refractivity contribution in [3.63, 3.8) is 0 Å². The summed E-state index contributed by atoms with van der Waals surface area (Å²) in [6.45, 7) is 1.88. The number of carboxylic acid groups (broad SMARTS) is 1. The van der Waals surface area contributed by atoms with Crippen molar-refractivity contribution in [1.82, 2.24) is 4.90 Å². The first-order valence-electron chi connectivity index (χ1n) is 13.7. The zero-order valence-corrected chi connectivity index (χ0v) is 26.4. The predicted octanol–water partition coefficient (Wildman–Crippen LogP) is 7.22. The van der Waals surface area contributed by atoms with Crippen LogP contribution in [-0.4, -0.2) is 65.0 Å². The Morgan fingerprint density at radius 2 is 1.64 bits per heavy atom. The number of ether oxygens (including phenoxy) is 1. The Morgan fingerprint density at radius 3 is 2.26 bits per heavy atom. The first-order valence-corrected chi connectivity index (χ1v) is 15.8. The summed E-state index contributed by atoms with van der Waals surface area (Å²) in [6, 6.07) is 7.23. The highest BCUT2D eigenvalue weighted by Crippen LogP contribution is 2.40. The molecular weight excluding hydrogens is 693 g/mol. The maximum atomic E-state index is 13.3. The van der Waals surface area contributed by atoms with Gasteiger partial charge in [0.25, 0.3) is 5.91 Å². The molecule has 17 heteroatoms. The van der Waals surface area contributed by atoms with Crippen LogP contribution in [0.3, 0.4) is 0 Å². The first kappa shape index (κ1) is 34.4. The largest absolute Gasteiger partial charge is 0.478 e. The van der Waals surface area contributed by atoms with Gasteiger partial charge in [-0.15, -0.1) is 11.3 Å². The minimum Gasteiger partial charge on any atom is -0.478 e. The molecule has 0 atom stereocenters. The van der Waals surface area contributed by atoms with Gasteiger partial charge in [-0.05, 0) is 65.0 Å². The molecule has 3 heterocycles. The second-order valence-corrected chi connectivity index (χ2v) is 12.9. The molecule has 0 saturated carbocycles. The van der Waals surface area contributed by atoms with E-state index in [2.05, 4.69) is 5.32 Å². The van der Waals surface area contributed by atoms with Crippen LogP contribution < -0.4 is 10.2 Å². The first-order chi connectivity index (χ1) is 22.1. The highest BCUT2D eigenvalue weighted by Gasteiger charge is 2.37. The van der Waals surface area contributed by atoms with Crippen LogP contribution in [0, 0.1) is 0 Å². The summed E-state index contributed by atoms with van der Waals surface area (Å²) in [5, 5.41) is 13.7. The molecule has 2 amide bonds. The van der Waals surface area contributed by atoms with Crippen molar-refractivity contribution in [3.8, 4) is 11.1 Å². The van der Waals surface area contributed by atoms with E-state index >= 15 is 0 Å². The fraction of sp³-hybridized carbons (Fsp3) is 0.267. The number of nitrogens with zero attached hydrogens (tertiary/aromatic N) is 2. The number of hydrogen-bond donors (Lipinski definition) is 2. The number of carbonyl (C=O) groups excluding carboxylic acids is 2. The van der Waals surface area contributed by atoms with Crippen molar-refractivity contribution in [2.24, 2.45) is 0 Å². The summed E-state index contributed by atoms with van der Waals surface area (Å²) in [5.41, 5.74) is -2.29. The molecule has 0 bridgehead atoms. The highest BCUT2D eigenvalue weighted by molar-refractivity contribution is 8.26. The summed E-state index contributed by atoms with van der Waals surface area (Å²) >= 11 is 7.25. The monoisotopic (exact) mass is 715 g/mol. The fourth-order valence-corrected chi connectivity index (χ4v) is 7.05. The summed E-state index contributed by atoms with van der Waals surface area (Å²) in [7, 11) is 0. The number of thiophene rings is 1. The van der Waals surface area contributed by atoms with E-state index in [9.17, 15) is 45.8 Å². The number of amides is 2. The lowest BCUT2D eigenvalue weighted by atomic mass is 10.0. The Bertz CT molecular complexity index is 1730. The van der Waals surface area contributed by atoms with E-state index in [-0.39, 0.29) is 50.6 Å². The number of aromatic carboxylic acids is 1. The molecule has 2 saturated heterocycles. The van der Waals surface area contributed by atoms with E-state index in [1.807, 2.05) is 4.90 Å². The van der Waals surface area contributed by atoms with E-state index in [1.165, 1.54) is 28.5 Å². The minimum absolute atomic E-state index is 0.0114. The van der Waals surface area contributed by atoms with Crippen LogP contribution >= 0.6 is 35.3 Å². The molecule has 47 heavy (non-hydrogen) atoms. The van der Waals surface area contributed by atoms with Gasteiger partial charge >= 0.3 is 18.3 Å². The normalized spacial score (nSPS) is 16.7. The molecular formula is C30H23F6N3O5S3. The summed E-state index contributed by atoms with van der Waals surface area (Å²) in [6.07, 6.45) is -8.73. The van der Waals surface area contributed by atoms with Gasteiger partial charge in [-0.3, -0.25) is 14.5 Å². The lowest BCUT2D eigenvalue weighted by molar-refractivity contribution is -0.143. The fourth-order valence-electron chi connectivity index (χ4n) is 4.83. The van der Waals surface area contributed by atoms with Gasteiger partial charge in [-0.1, -0.05) is 24.0 Å². The second kappa shape index (κ2) is 13.7. The number of carbonyl (C=O) groups is 3. The van der Waals surface area contributed by atoms with Gasteiger partial charge < -0.3 is 20.1 Å². The number of nitrogens with one attached hydrogen (secondary N) is 1. The Labute approximate surface area is 277 Å². The van der Waals surface area contributed by atoms with Gasteiger partial charge in [-0.25, -0.2) is 4.79 Å². The number of hydrogen-bond acceptors (Lipinski definition) is 8. The number of thiocarbonyl (C=S) groups is 1. The third kappa shape index (κ3) is 8.14. The van der Waals surface area contributed by atoms with Gasteiger partial charge in [0.1, 0.15) is 4.32 Å². The highest BCUT2D eigenvalue weighted by atomic mass is 32.2. The number of morpholine rings is 1. The van der Waals surface area contributed by atoms with Crippen LogP contribution in [0.15, 0.2) is 52.7 Å². The molecule has 3 aromatic rings. The van der Waals surface area contributed by atoms with Crippen molar-refractivity contribution in [2.45, 2.75) is 18.8 Å². The van der Waals surface area contributed by atoms with Crippen molar-refractivity contribution >= 4 is 74.9 Å². The zero-order chi connectivity index (χ0) is 34.1. The number of rotatable bonds is 8. The Balaban J connectivity index is 1.24. The summed E-state index contributed by atoms with van der Waals surface area (Å²) in [5.74, 6) is -2.18. The number of alkyl halides is 6. The molecule has 0 radical (unpaired) electrons. The van der Waals surface area contributed by atoms with Crippen molar-refractivity contribution in [1.29, 1.82) is 0 Å². The van der Waals surface area contributed by atoms with Crippen LogP contribution in [0.2, 0.25) is 0 Å². The maximum absolute atomic E-state index is 13.3. The molecule has 0 aliphatic carbocycles. The quantitative estimate of drug-likeness (QED) is 0.143. The van der Waals surface area contributed by atoms with Gasteiger partial charge in [0.15, 0.2) is 0 Å². The van der Waals surface area contributed by atoms with Crippen LogP contribution in [0.5, 0.6) is 0 Å².